The van der Waals surface area contributed by atoms with Gasteiger partial charge in [0.15, 0.2) is 0 Å². The van der Waals surface area contributed by atoms with Gasteiger partial charge < -0.3 is 15.4 Å². The summed E-state index contributed by atoms with van der Waals surface area (Å²) in [5.74, 6) is -2.77. The molecule has 0 aliphatic carbocycles. The van der Waals surface area contributed by atoms with Crippen LogP contribution in [0, 0.1) is 21.7 Å². The first kappa shape index (κ1) is 16.8. The highest BCUT2D eigenvalue weighted by atomic mass is 19.1. The van der Waals surface area contributed by atoms with Gasteiger partial charge in [-0.1, -0.05) is 0 Å². The van der Waals surface area contributed by atoms with E-state index in [1.54, 1.807) is 0 Å². The number of amides is 1. The lowest BCUT2D eigenvalue weighted by Gasteiger charge is -2.15. The van der Waals surface area contributed by atoms with Crippen LogP contribution in [0.15, 0.2) is 12.1 Å². The van der Waals surface area contributed by atoms with E-state index in [-0.39, 0.29) is 6.54 Å². The van der Waals surface area contributed by atoms with Crippen molar-refractivity contribution < 1.29 is 23.2 Å². The Morgan fingerprint density at radius 3 is 2.71 bits per heavy atom. The quantitative estimate of drug-likeness (QED) is 0.451. The van der Waals surface area contributed by atoms with Gasteiger partial charge in [0.1, 0.15) is 17.5 Å². The highest BCUT2D eigenvalue weighted by molar-refractivity contribution is 5.85. The Balaban J connectivity index is 2.86. The topological polar surface area (TPSA) is 93.5 Å². The summed E-state index contributed by atoms with van der Waals surface area (Å²) < 4.78 is 31.3. The van der Waals surface area contributed by atoms with Crippen LogP contribution in [0.5, 0.6) is 0 Å². The van der Waals surface area contributed by atoms with Crippen LogP contribution in [0.1, 0.15) is 6.92 Å². The van der Waals surface area contributed by atoms with Gasteiger partial charge in [-0.05, 0) is 6.92 Å². The first-order chi connectivity index (χ1) is 9.86. The monoisotopic (exact) mass is 303 g/mol. The number of nitrogens with one attached hydrogen (secondary N) is 2. The standard InChI is InChI=1S/C12H15F2N3O4/c1-7(12(18)15-3-4-21-2)16-10-6-8(13)5-9(14)11(10)17(19)20/h5-7,16H,3-4H2,1-2H3,(H,15,18). The zero-order valence-corrected chi connectivity index (χ0v) is 11.5. The molecule has 0 bridgehead atoms. The lowest BCUT2D eigenvalue weighted by Crippen LogP contribution is -2.39. The highest BCUT2D eigenvalue weighted by Gasteiger charge is 2.24. The van der Waals surface area contributed by atoms with Gasteiger partial charge in [0, 0.05) is 25.8 Å². The summed E-state index contributed by atoms with van der Waals surface area (Å²) >= 11 is 0. The second-order valence-electron chi connectivity index (χ2n) is 4.19. The summed E-state index contributed by atoms with van der Waals surface area (Å²) in [6.07, 6.45) is 0. The van der Waals surface area contributed by atoms with Crippen molar-refractivity contribution in [3.05, 3.63) is 33.9 Å². The Hall–Kier alpha value is -2.29. The molecule has 1 atom stereocenters. The van der Waals surface area contributed by atoms with Crippen molar-refractivity contribution >= 4 is 17.3 Å². The molecule has 1 amide bonds. The van der Waals surface area contributed by atoms with Gasteiger partial charge in [-0.3, -0.25) is 14.9 Å². The molecule has 0 aliphatic heterocycles. The number of halogens is 2. The zero-order valence-electron chi connectivity index (χ0n) is 11.5. The molecule has 0 radical (unpaired) electrons. The smallest absolute Gasteiger partial charge is 0.327 e. The fourth-order valence-electron chi connectivity index (χ4n) is 1.59. The molecule has 21 heavy (non-hydrogen) atoms. The molecule has 116 valence electrons. The average Bonchev–Trinajstić information content (AvgIpc) is 2.37. The molecule has 0 aliphatic rings. The number of anilines is 1. The highest BCUT2D eigenvalue weighted by Crippen LogP contribution is 2.29. The third kappa shape index (κ3) is 4.63. The maximum absolute atomic E-state index is 13.4. The SMILES string of the molecule is COCCNC(=O)C(C)Nc1cc(F)cc(F)c1[N+](=O)[O-]. The van der Waals surface area contributed by atoms with Gasteiger partial charge in [-0.2, -0.15) is 4.39 Å². The summed E-state index contributed by atoms with van der Waals surface area (Å²) in [5.41, 5.74) is -1.31. The molecule has 1 aromatic rings. The van der Waals surface area contributed by atoms with Crippen LogP contribution < -0.4 is 10.6 Å². The fourth-order valence-corrected chi connectivity index (χ4v) is 1.59. The third-order valence-corrected chi connectivity index (χ3v) is 2.58. The zero-order chi connectivity index (χ0) is 16.0. The largest absolute Gasteiger partial charge is 0.383 e. The van der Waals surface area contributed by atoms with E-state index in [9.17, 15) is 23.7 Å². The van der Waals surface area contributed by atoms with Crippen molar-refractivity contribution in [2.24, 2.45) is 0 Å². The van der Waals surface area contributed by atoms with E-state index in [0.717, 1.165) is 6.07 Å². The number of benzene rings is 1. The second kappa shape index (κ2) is 7.48. The number of hydrogen-bond donors (Lipinski definition) is 2. The predicted molar refractivity (Wildman–Crippen MR) is 71.0 cm³/mol. The lowest BCUT2D eigenvalue weighted by molar-refractivity contribution is -0.386. The van der Waals surface area contributed by atoms with Crippen molar-refractivity contribution in [1.82, 2.24) is 5.32 Å². The molecule has 0 saturated carbocycles. The molecule has 0 heterocycles. The van der Waals surface area contributed by atoms with Gasteiger partial charge in [-0.25, -0.2) is 4.39 Å². The summed E-state index contributed by atoms with van der Waals surface area (Å²) in [7, 11) is 1.46. The van der Waals surface area contributed by atoms with Crippen LogP contribution in [0.2, 0.25) is 0 Å². The molecule has 7 nitrogen and oxygen atoms in total. The van der Waals surface area contributed by atoms with Crippen molar-refractivity contribution in [1.29, 1.82) is 0 Å². The van der Waals surface area contributed by atoms with Gasteiger partial charge in [0.2, 0.25) is 11.7 Å². The van der Waals surface area contributed by atoms with Crippen LogP contribution in [0.3, 0.4) is 0 Å². The molecule has 1 unspecified atom stereocenters. The minimum absolute atomic E-state index is 0.251. The van der Waals surface area contributed by atoms with E-state index in [1.807, 2.05) is 0 Å². The molecular weight excluding hydrogens is 288 g/mol. The third-order valence-electron chi connectivity index (χ3n) is 2.58. The lowest BCUT2D eigenvalue weighted by atomic mass is 10.2. The van der Waals surface area contributed by atoms with Gasteiger partial charge >= 0.3 is 5.69 Å². The number of carbonyl (C=O) groups is 1. The van der Waals surface area contributed by atoms with E-state index in [0.29, 0.717) is 12.7 Å². The van der Waals surface area contributed by atoms with Crippen LogP contribution in [0.4, 0.5) is 20.2 Å². The van der Waals surface area contributed by atoms with E-state index in [4.69, 9.17) is 4.74 Å². The van der Waals surface area contributed by atoms with Gasteiger partial charge in [0.25, 0.3) is 0 Å². The Labute approximate surface area is 119 Å². The molecule has 0 spiro atoms. The number of ether oxygens (including phenoxy) is 1. The van der Waals surface area contributed by atoms with Crippen molar-refractivity contribution in [2.75, 3.05) is 25.6 Å². The van der Waals surface area contributed by atoms with E-state index in [1.165, 1.54) is 14.0 Å². The fraction of sp³-hybridized carbons (Fsp3) is 0.417. The summed E-state index contributed by atoms with van der Waals surface area (Å²) in [4.78, 5) is 21.5. The van der Waals surface area contributed by atoms with Crippen LogP contribution in [-0.2, 0) is 9.53 Å². The number of nitrogens with zero attached hydrogens (tertiary/aromatic N) is 1. The molecule has 1 aromatic carbocycles. The Bertz CT molecular complexity index is 539. The molecule has 0 saturated heterocycles. The minimum Gasteiger partial charge on any atom is -0.383 e. The van der Waals surface area contributed by atoms with Crippen LogP contribution in [-0.4, -0.2) is 37.1 Å². The Morgan fingerprint density at radius 1 is 1.48 bits per heavy atom. The number of nitro benzene ring substituents is 1. The first-order valence-electron chi connectivity index (χ1n) is 6.03. The number of carbonyl (C=O) groups excluding carboxylic acids is 1. The molecular formula is C12H15F2N3O4. The predicted octanol–water partition coefficient (Wildman–Crippen LogP) is 1.44. The molecule has 9 heteroatoms. The summed E-state index contributed by atoms with van der Waals surface area (Å²) in [6, 6.07) is 0.258. The van der Waals surface area contributed by atoms with Crippen molar-refractivity contribution in [2.45, 2.75) is 13.0 Å². The number of rotatable bonds is 7. The molecule has 2 N–H and O–H groups in total. The van der Waals surface area contributed by atoms with E-state index in [2.05, 4.69) is 10.6 Å². The number of methoxy groups -OCH3 is 1. The minimum atomic E-state index is -1.31. The maximum Gasteiger partial charge on any atom is 0.327 e. The van der Waals surface area contributed by atoms with E-state index >= 15 is 0 Å². The van der Waals surface area contributed by atoms with Crippen molar-refractivity contribution in [3.63, 3.8) is 0 Å². The molecule has 0 fully saturated rings. The summed E-state index contributed by atoms with van der Waals surface area (Å²) in [5, 5.41) is 15.7. The maximum atomic E-state index is 13.4. The molecule has 1 rings (SSSR count). The number of hydrogen-bond acceptors (Lipinski definition) is 5. The Morgan fingerprint density at radius 2 is 2.14 bits per heavy atom. The van der Waals surface area contributed by atoms with E-state index < -0.39 is 39.9 Å². The van der Waals surface area contributed by atoms with Crippen LogP contribution in [0.25, 0.3) is 0 Å². The first-order valence-corrected chi connectivity index (χ1v) is 6.03. The van der Waals surface area contributed by atoms with Gasteiger partial charge in [-0.15, -0.1) is 0 Å². The van der Waals surface area contributed by atoms with Gasteiger partial charge in [0.05, 0.1) is 11.5 Å². The van der Waals surface area contributed by atoms with Crippen LogP contribution >= 0.6 is 0 Å². The average molecular weight is 303 g/mol. The normalized spacial score (nSPS) is 11.8. The summed E-state index contributed by atoms with van der Waals surface area (Å²) in [6.45, 7) is 1.96. The molecule has 0 aromatic heterocycles. The second-order valence-corrected chi connectivity index (χ2v) is 4.19. The number of nitro groups is 1. The Kier molecular flexibility index (Phi) is 5.97. The van der Waals surface area contributed by atoms with Crippen molar-refractivity contribution in [3.8, 4) is 0 Å².